The summed E-state index contributed by atoms with van der Waals surface area (Å²) in [6.07, 6.45) is 10.5. The number of benzene rings is 1. The van der Waals surface area contributed by atoms with Crippen LogP contribution in [0.3, 0.4) is 0 Å². The van der Waals surface area contributed by atoms with Crippen LogP contribution in [0.25, 0.3) is 21.8 Å². The first-order chi connectivity index (χ1) is 18.1. The van der Waals surface area contributed by atoms with Gasteiger partial charge < -0.3 is 15.2 Å². The first kappa shape index (κ1) is 23.6. The number of nitrogens with one attached hydrogen (secondary N) is 1. The predicted molar refractivity (Wildman–Crippen MR) is 144 cm³/mol. The lowest BCUT2D eigenvalue weighted by atomic mass is 9.77. The zero-order chi connectivity index (χ0) is 25.0. The van der Waals surface area contributed by atoms with E-state index < -0.39 is 0 Å². The summed E-state index contributed by atoms with van der Waals surface area (Å²) in [5.41, 5.74) is 2.35. The number of hydrogen-bond donors (Lipinski definition) is 2. The molecule has 2 saturated carbocycles. The van der Waals surface area contributed by atoms with E-state index in [1.54, 1.807) is 0 Å². The Kier molecular flexibility index (Phi) is 5.94. The molecular weight excluding hydrogens is 466 g/mol. The second-order valence-electron chi connectivity index (χ2n) is 12.0. The molecule has 1 aromatic carbocycles. The highest BCUT2D eigenvalue weighted by molar-refractivity contribution is 6.04. The fourth-order valence-electron chi connectivity index (χ4n) is 6.66. The minimum atomic E-state index is -0.272. The Morgan fingerprint density at radius 1 is 1.03 bits per heavy atom. The van der Waals surface area contributed by atoms with Crippen molar-refractivity contribution in [2.75, 3.05) is 31.6 Å². The van der Waals surface area contributed by atoms with Gasteiger partial charge in [0.2, 0.25) is 5.95 Å². The van der Waals surface area contributed by atoms with Crippen LogP contribution >= 0.6 is 0 Å². The lowest BCUT2D eigenvalue weighted by Gasteiger charge is -2.47. The lowest BCUT2D eigenvalue weighted by Crippen LogP contribution is -2.50. The average Bonchev–Trinajstić information content (AvgIpc) is 2.87. The van der Waals surface area contributed by atoms with Gasteiger partial charge in [-0.05, 0) is 87.9 Å². The van der Waals surface area contributed by atoms with Gasteiger partial charge in [0.1, 0.15) is 5.65 Å². The van der Waals surface area contributed by atoms with Crippen molar-refractivity contribution in [3.63, 3.8) is 0 Å². The standard InChI is InChI=1S/C29H37N5O3/c35-22-7-5-21(6-8-22)34-26-25(15-30-28(32-26)31-20-2-1-3-20)23-9-4-19(14-24(23)27(34)36)16-33-12-10-29(11-13-33)17-37-18-29/h4,9,14-15,20-22,35H,1-3,5-8,10-13,16-18H2,(H,30,31,32). The maximum absolute atomic E-state index is 14.1. The summed E-state index contributed by atoms with van der Waals surface area (Å²) in [6.45, 7) is 4.86. The number of aliphatic hydroxyl groups excluding tert-OH is 1. The number of hydrogen-bond acceptors (Lipinski definition) is 7. The molecule has 4 heterocycles. The Labute approximate surface area is 217 Å². The Hall–Kier alpha value is -2.55. The van der Waals surface area contributed by atoms with Crippen LogP contribution in [0.2, 0.25) is 0 Å². The highest BCUT2D eigenvalue weighted by Crippen LogP contribution is 2.39. The van der Waals surface area contributed by atoms with Crippen LogP contribution in [0.15, 0.2) is 29.2 Å². The zero-order valence-electron chi connectivity index (χ0n) is 21.5. The molecule has 2 aliphatic carbocycles. The van der Waals surface area contributed by atoms with Gasteiger partial charge in [0.25, 0.3) is 5.56 Å². The topological polar surface area (TPSA) is 92.5 Å². The first-order valence-electron chi connectivity index (χ1n) is 14.2. The molecule has 0 radical (unpaired) electrons. The van der Waals surface area contributed by atoms with E-state index in [9.17, 15) is 9.90 Å². The highest BCUT2D eigenvalue weighted by atomic mass is 16.5. The Balaban J connectivity index is 1.26. The third-order valence-electron chi connectivity index (χ3n) is 9.43. The summed E-state index contributed by atoms with van der Waals surface area (Å²) in [7, 11) is 0. The zero-order valence-corrected chi connectivity index (χ0v) is 21.5. The smallest absolute Gasteiger partial charge is 0.260 e. The van der Waals surface area contributed by atoms with E-state index in [-0.39, 0.29) is 17.7 Å². The number of rotatable bonds is 5. The summed E-state index contributed by atoms with van der Waals surface area (Å²) in [5, 5.41) is 16.2. The molecule has 8 nitrogen and oxygen atoms in total. The van der Waals surface area contributed by atoms with E-state index in [0.29, 0.717) is 23.1 Å². The summed E-state index contributed by atoms with van der Waals surface area (Å²) < 4.78 is 7.40. The molecule has 196 valence electrons. The second-order valence-corrected chi connectivity index (χ2v) is 12.0. The average molecular weight is 504 g/mol. The molecule has 8 heteroatoms. The van der Waals surface area contributed by atoms with Crippen molar-refractivity contribution in [2.45, 2.75) is 82.5 Å². The third kappa shape index (κ3) is 4.33. The van der Waals surface area contributed by atoms with Crippen LogP contribution < -0.4 is 10.9 Å². The van der Waals surface area contributed by atoms with Crippen LogP contribution in [0, 0.1) is 5.41 Å². The molecule has 1 spiro atoms. The number of aliphatic hydroxyl groups is 1. The van der Waals surface area contributed by atoms with E-state index in [0.717, 1.165) is 87.5 Å². The molecule has 0 atom stereocenters. The molecule has 3 aromatic rings. The van der Waals surface area contributed by atoms with E-state index in [2.05, 4.69) is 33.4 Å². The maximum Gasteiger partial charge on any atom is 0.260 e. The lowest BCUT2D eigenvalue weighted by molar-refractivity contribution is -0.140. The molecular formula is C29H37N5O3. The van der Waals surface area contributed by atoms with Gasteiger partial charge in [-0.2, -0.15) is 4.98 Å². The minimum Gasteiger partial charge on any atom is -0.393 e. The van der Waals surface area contributed by atoms with Crippen LogP contribution in [0.5, 0.6) is 0 Å². The third-order valence-corrected chi connectivity index (χ3v) is 9.43. The van der Waals surface area contributed by atoms with Crippen LogP contribution in [0.4, 0.5) is 5.95 Å². The predicted octanol–water partition coefficient (Wildman–Crippen LogP) is 4.00. The molecule has 0 bridgehead atoms. The van der Waals surface area contributed by atoms with Gasteiger partial charge in [-0.15, -0.1) is 0 Å². The number of anilines is 1. The largest absolute Gasteiger partial charge is 0.393 e. The molecule has 0 amide bonds. The highest BCUT2D eigenvalue weighted by Gasteiger charge is 2.41. The fourth-order valence-corrected chi connectivity index (χ4v) is 6.66. The van der Waals surface area contributed by atoms with E-state index in [1.165, 1.54) is 24.8 Å². The van der Waals surface area contributed by atoms with Crippen molar-refractivity contribution in [3.8, 4) is 0 Å². The van der Waals surface area contributed by atoms with Crippen molar-refractivity contribution < 1.29 is 9.84 Å². The molecule has 7 rings (SSSR count). The summed E-state index contributed by atoms with van der Waals surface area (Å²) in [5.74, 6) is 0.608. The van der Waals surface area contributed by atoms with Gasteiger partial charge in [-0.1, -0.05) is 12.1 Å². The van der Waals surface area contributed by atoms with Gasteiger partial charge in [-0.3, -0.25) is 14.3 Å². The quantitative estimate of drug-likeness (QED) is 0.509. The van der Waals surface area contributed by atoms with Gasteiger partial charge in [0.15, 0.2) is 0 Å². The molecule has 4 fully saturated rings. The SMILES string of the molecule is O=c1c2cc(CN3CCC4(CC3)COC4)ccc2c2cnc(NC3CCC3)nc2n1C1CCC(O)CC1. The summed E-state index contributed by atoms with van der Waals surface area (Å²) >= 11 is 0. The fraction of sp³-hybridized carbons (Fsp3) is 0.621. The first-order valence-corrected chi connectivity index (χ1v) is 14.2. The molecule has 2 saturated heterocycles. The van der Waals surface area contributed by atoms with E-state index >= 15 is 0 Å². The van der Waals surface area contributed by atoms with Gasteiger partial charge in [0.05, 0.1) is 19.3 Å². The van der Waals surface area contributed by atoms with E-state index in [4.69, 9.17) is 9.72 Å². The van der Waals surface area contributed by atoms with Crippen molar-refractivity contribution in [2.24, 2.45) is 5.41 Å². The number of ether oxygens (including phenoxy) is 1. The number of pyridine rings is 1. The van der Waals surface area contributed by atoms with Crippen LogP contribution in [-0.2, 0) is 11.3 Å². The molecule has 2 aromatic heterocycles. The normalized spacial score (nSPS) is 26.3. The van der Waals surface area contributed by atoms with Crippen LogP contribution in [-0.4, -0.2) is 63.0 Å². The molecule has 37 heavy (non-hydrogen) atoms. The second kappa shape index (κ2) is 9.33. The Morgan fingerprint density at radius 3 is 2.49 bits per heavy atom. The number of piperidine rings is 1. The minimum absolute atomic E-state index is 0.0308. The van der Waals surface area contributed by atoms with Gasteiger partial charge in [-0.25, -0.2) is 4.98 Å². The molecule has 4 aliphatic rings. The Morgan fingerprint density at radius 2 is 1.81 bits per heavy atom. The van der Waals surface area contributed by atoms with E-state index in [1.807, 2.05) is 10.8 Å². The number of likely N-dealkylation sites (tertiary alicyclic amines) is 1. The molecule has 2 N–H and O–H groups in total. The van der Waals surface area contributed by atoms with Crippen molar-refractivity contribution in [1.82, 2.24) is 19.4 Å². The number of fused-ring (bicyclic) bond motifs is 3. The van der Waals surface area contributed by atoms with Crippen molar-refractivity contribution in [3.05, 3.63) is 40.3 Å². The summed E-state index contributed by atoms with van der Waals surface area (Å²) in [4.78, 5) is 26.2. The monoisotopic (exact) mass is 503 g/mol. The number of aromatic nitrogens is 3. The van der Waals surface area contributed by atoms with Crippen molar-refractivity contribution in [1.29, 1.82) is 0 Å². The molecule has 0 unspecified atom stereocenters. The van der Waals surface area contributed by atoms with Crippen molar-refractivity contribution >= 4 is 27.8 Å². The summed E-state index contributed by atoms with van der Waals surface area (Å²) in [6, 6.07) is 6.83. The maximum atomic E-state index is 14.1. The molecule has 2 aliphatic heterocycles. The number of nitrogens with zero attached hydrogens (tertiary/aromatic N) is 4. The van der Waals surface area contributed by atoms with Crippen LogP contribution in [0.1, 0.15) is 69.4 Å². The Bertz CT molecular complexity index is 1360. The van der Waals surface area contributed by atoms with Gasteiger partial charge >= 0.3 is 0 Å². The van der Waals surface area contributed by atoms with Gasteiger partial charge in [0, 0.05) is 41.0 Å².